The highest BCUT2D eigenvalue weighted by Gasteiger charge is 2.14. The maximum Gasteiger partial charge on any atom is 0.173 e. The Morgan fingerprint density at radius 1 is 1.00 bits per heavy atom. The van der Waals surface area contributed by atoms with Gasteiger partial charge in [-0.25, -0.2) is 9.37 Å². The van der Waals surface area contributed by atoms with Crippen molar-refractivity contribution in [3.63, 3.8) is 0 Å². The molecule has 0 amide bonds. The molecule has 0 unspecified atom stereocenters. The van der Waals surface area contributed by atoms with Crippen LogP contribution in [0.3, 0.4) is 0 Å². The van der Waals surface area contributed by atoms with Gasteiger partial charge in [0.1, 0.15) is 10.9 Å². The quantitative estimate of drug-likeness (QED) is 0.655. The molecule has 3 nitrogen and oxygen atoms in total. The van der Waals surface area contributed by atoms with E-state index in [4.69, 9.17) is 21.1 Å². The number of ether oxygens (including phenoxy) is 2. The highest BCUT2D eigenvalue weighted by molar-refractivity contribution is 6.30. The molecule has 5 heteroatoms. The van der Waals surface area contributed by atoms with Gasteiger partial charge >= 0.3 is 0 Å². The average Bonchev–Trinajstić information content (AvgIpc) is 2.54. The van der Waals surface area contributed by atoms with E-state index in [1.165, 1.54) is 20.3 Å². The van der Waals surface area contributed by atoms with Crippen molar-refractivity contribution in [3.05, 3.63) is 53.6 Å². The summed E-state index contributed by atoms with van der Waals surface area (Å²) in [6.45, 7) is 0. The molecule has 112 valence electrons. The van der Waals surface area contributed by atoms with E-state index in [1.54, 1.807) is 18.3 Å². The minimum Gasteiger partial charge on any atom is -0.497 e. The lowest BCUT2D eigenvalue weighted by molar-refractivity contribution is 0.375. The Hall–Kier alpha value is -2.33. The summed E-state index contributed by atoms with van der Waals surface area (Å²) in [5, 5.41) is 2.25. The summed E-state index contributed by atoms with van der Waals surface area (Å²) in [5.74, 6) is 0.246. The van der Waals surface area contributed by atoms with Crippen LogP contribution in [0.1, 0.15) is 0 Å². The summed E-state index contributed by atoms with van der Waals surface area (Å²) in [4.78, 5) is 4.05. The van der Waals surface area contributed by atoms with E-state index in [2.05, 4.69) is 4.98 Å². The lowest BCUT2D eigenvalue weighted by Gasteiger charge is -2.11. The van der Waals surface area contributed by atoms with Crippen LogP contribution < -0.4 is 9.47 Å². The van der Waals surface area contributed by atoms with Crippen molar-refractivity contribution in [2.75, 3.05) is 14.2 Å². The van der Waals surface area contributed by atoms with Crippen LogP contribution in [0, 0.1) is 5.82 Å². The van der Waals surface area contributed by atoms with E-state index in [1.807, 2.05) is 18.2 Å². The van der Waals surface area contributed by atoms with Gasteiger partial charge in [-0.2, -0.15) is 0 Å². The van der Waals surface area contributed by atoms with Crippen LogP contribution in [-0.2, 0) is 0 Å². The van der Waals surface area contributed by atoms with Gasteiger partial charge in [0.25, 0.3) is 0 Å². The second kappa shape index (κ2) is 5.81. The predicted molar refractivity (Wildman–Crippen MR) is 85.3 cm³/mol. The monoisotopic (exact) mass is 317 g/mol. The summed E-state index contributed by atoms with van der Waals surface area (Å²) < 4.78 is 24.8. The third-order valence-corrected chi connectivity index (χ3v) is 3.67. The van der Waals surface area contributed by atoms with Crippen LogP contribution in [0.5, 0.6) is 11.5 Å². The van der Waals surface area contributed by atoms with Gasteiger partial charge in [0.05, 0.1) is 14.2 Å². The topological polar surface area (TPSA) is 31.4 Å². The second-order valence-electron chi connectivity index (χ2n) is 4.76. The van der Waals surface area contributed by atoms with Crippen molar-refractivity contribution < 1.29 is 13.9 Å². The van der Waals surface area contributed by atoms with Gasteiger partial charge < -0.3 is 9.47 Å². The Morgan fingerprint density at radius 3 is 2.55 bits per heavy atom. The molecule has 22 heavy (non-hydrogen) atoms. The Balaban J connectivity index is 2.20. The molecule has 0 aliphatic rings. The van der Waals surface area contributed by atoms with Crippen molar-refractivity contribution >= 4 is 22.4 Å². The van der Waals surface area contributed by atoms with Crippen molar-refractivity contribution in [2.24, 2.45) is 0 Å². The number of aromatic nitrogens is 1. The first-order chi connectivity index (χ1) is 10.6. The molecule has 0 bridgehead atoms. The fourth-order valence-corrected chi connectivity index (χ4v) is 2.50. The number of hydrogen-bond donors (Lipinski definition) is 0. The molecular weight excluding hydrogens is 305 g/mol. The molecule has 0 aliphatic carbocycles. The Morgan fingerprint density at radius 2 is 1.82 bits per heavy atom. The third kappa shape index (κ3) is 2.57. The van der Waals surface area contributed by atoms with Crippen molar-refractivity contribution in [2.45, 2.75) is 0 Å². The molecule has 0 atom stereocenters. The van der Waals surface area contributed by atoms with Crippen molar-refractivity contribution in [1.82, 2.24) is 4.98 Å². The normalized spacial score (nSPS) is 10.7. The Bertz CT molecular complexity index is 851. The summed E-state index contributed by atoms with van der Waals surface area (Å²) in [6.07, 6.45) is 1.66. The number of rotatable bonds is 3. The molecule has 2 aromatic carbocycles. The van der Waals surface area contributed by atoms with Crippen LogP contribution in [0.4, 0.5) is 4.39 Å². The second-order valence-corrected chi connectivity index (χ2v) is 5.15. The number of methoxy groups -OCH3 is 2. The number of fused-ring (bicyclic) bond motifs is 1. The number of hydrogen-bond acceptors (Lipinski definition) is 3. The molecule has 0 fully saturated rings. The van der Waals surface area contributed by atoms with Crippen LogP contribution >= 0.6 is 11.6 Å². The zero-order valence-corrected chi connectivity index (χ0v) is 12.8. The third-order valence-electron chi connectivity index (χ3n) is 3.47. The van der Waals surface area contributed by atoms with Crippen LogP contribution in [-0.4, -0.2) is 19.2 Å². The minimum absolute atomic E-state index is 0.142. The van der Waals surface area contributed by atoms with E-state index in [0.29, 0.717) is 22.0 Å². The van der Waals surface area contributed by atoms with E-state index in [0.717, 1.165) is 10.8 Å². The minimum atomic E-state index is -0.426. The summed E-state index contributed by atoms with van der Waals surface area (Å²) in [6, 6.07) is 10.5. The summed E-state index contributed by atoms with van der Waals surface area (Å²) >= 11 is 5.88. The molecule has 0 N–H and O–H groups in total. The van der Waals surface area contributed by atoms with Gasteiger partial charge in [0.2, 0.25) is 0 Å². The largest absolute Gasteiger partial charge is 0.497 e. The first-order valence-corrected chi connectivity index (χ1v) is 6.97. The highest BCUT2D eigenvalue weighted by atomic mass is 35.5. The van der Waals surface area contributed by atoms with Crippen molar-refractivity contribution in [3.8, 4) is 22.6 Å². The van der Waals surface area contributed by atoms with Gasteiger partial charge in [0, 0.05) is 23.2 Å². The van der Waals surface area contributed by atoms with Crippen LogP contribution in [0.25, 0.3) is 21.9 Å². The number of benzene rings is 2. The summed E-state index contributed by atoms with van der Waals surface area (Å²) in [5.41, 5.74) is 1.12. The van der Waals surface area contributed by atoms with Gasteiger partial charge in [0.15, 0.2) is 11.6 Å². The number of nitrogens with zero attached hydrogens (tertiary/aromatic N) is 1. The molecule has 0 radical (unpaired) electrons. The standard InChI is InChI=1S/C17H13ClFNO2/c1-21-13-7-14(17(19)15(8-13)22-2)11-4-3-10-6-16(18)20-9-12(10)5-11/h3-9H,1-2H3. The maximum atomic E-state index is 14.5. The first kappa shape index (κ1) is 14.6. The van der Waals surface area contributed by atoms with Crippen LogP contribution in [0.2, 0.25) is 5.15 Å². The number of halogens is 2. The van der Waals surface area contributed by atoms with Crippen LogP contribution in [0.15, 0.2) is 42.6 Å². The smallest absolute Gasteiger partial charge is 0.173 e. The van der Waals surface area contributed by atoms with Gasteiger partial charge in [-0.05, 0) is 29.1 Å². The molecule has 1 aromatic heterocycles. The van der Waals surface area contributed by atoms with Gasteiger partial charge in [-0.1, -0.05) is 23.7 Å². The zero-order valence-electron chi connectivity index (χ0n) is 12.1. The van der Waals surface area contributed by atoms with Crippen molar-refractivity contribution in [1.29, 1.82) is 0 Å². The molecule has 3 rings (SSSR count). The van der Waals surface area contributed by atoms with E-state index in [9.17, 15) is 4.39 Å². The molecule has 3 aromatic rings. The lowest BCUT2D eigenvalue weighted by atomic mass is 10.0. The fourth-order valence-electron chi connectivity index (χ4n) is 2.33. The first-order valence-electron chi connectivity index (χ1n) is 6.59. The van der Waals surface area contributed by atoms with E-state index < -0.39 is 5.82 Å². The Kier molecular flexibility index (Phi) is 3.86. The lowest BCUT2D eigenvalue weighted by Crippen LogP contribution is -1.94. The average molecular weight is 318 g/mol. The predicted octanol–water partition coefficient (Wildman–Crippen LogP) is 4.71. The molecule has 0 spiro atoms. The zero-order chi connectivity index (χ0) is 15.7. The Labute approximate surface area is 132 Å². The fraction of sp³-hybridized carbons (Fsp3) is 0.118. The molecule has 0 aliphatic heterocycles. The molecule has 1 heterocycles. The van der Waals surface area contributed by atoms with Gasteiger partial charge in [-0.15, -0.1) is 0 Å². The highest BCUT2D eigenvalue weighted by Crippen LogP contribution is 2.35. The summed E-state index contributed by atoms with van der Waals surface area (Å²) in [7, 11) is 2.96. The van der Waals surface area contributed by atoms with Gasteiger partial charge in [-0.3, -0.25) is 0 Å². The SMILES string of the molecule is COc1cc(OC)c(F)c(-c2ccc3cc(Cl)ncc3c2)c1. The molecule has 0 saturated heterocycles. The van der Waals surface area contributed by atoms with E-state index >= 15 is 0 Å². The maximum absolute atomic E-state index is 14.5. The number of pyridine rings is 1. The molecule has 0 saturated carbocycles. The molecular formula is C17H13ClFNO2. The van der Waals surface area contributed by atoms with E-state index in [-0.39, 0.29) is 5.75 Å².